The lowest BCUT2D eigenvalue weighted by Gasteiger charge is -2.10. The van der Waals surface area contributed by atoms with Crippen LogP contribution < -0.4 is 10.0 Å². The molecule has 1 amide bonds. The second-order valence-electron chi connectivity index (χ2n) is 5.23. The number of halogens is 3. The third-order valence-corrected chi connectivity index (χ3v) is 4.62. The first-order valence-electron chi connectivity index (χ1n) is 7.20. The van der Waals surface area contributed by atoms with Crippen LogP contribution in [0.5, 0.6) is 0 Å². The predicted octanol–water partition coefficient (Wildman–Crippen LogP) is 2.69. The van der Waals surface area contributed by atoms with Crippen LogP contribution in [0.15, 0.2) is 53.4 Å². The van der Waals surface area contributed by atoms with E-state index in [1.807, 2.05) is 0 Å². The Morgan fingerprint density at radius 1 is 1.11 bits per heavy atom. The highest BCUT2D eigenvalue weighted by Crippen LogP contribution is 2.18. The Labute approximate surface area is 151 Å². The molecule has 12 heteroatoms. The van der Waals surface area contributed by atoms with Gasteiger partial charge in [0.2, 0.25) is 10.0 Å². The number of nitro groups is 1. The van der Waals surface area contributed by atoms with Crippen LogP contribution >= 0.6 is 0 Å². The molecule has 0 aliphatic heterocycles. The fourth-order valence-corrected chi connectivity index (χ4v) is 2.96. The molecule has 2 aromatic rings. The molecule has 0 aliphatic carbocycles. The van der Waals surface area contributed by atoms with Crippen molar-refractivity contribution in [3.63, 3.8) is 0 Å². The van der Waals surface area contributed by atoms with E-state index in [4.69, 9.17) is 0 Å². The highest BCUT2D eigenvalue weighted by molar-refractivity contribution is 7.89. The third-order valence-electron chi connectivity index (χ3n) is 3.20. The van der Waals surface area contributed by atoms with Gasteiger partial charge in [0.15, 0.2) is 0 Å². The zero-order valence-electron chi connectivity index (χ0n) is 13.4. The van der Waals surface area contributed by atoms with E-state index in [1.165, 1.54) is 35.1 Å². The number of sulfonamides is 1. The molecule has 2 rings (SSSR count). The van der Waals surface area contributed by atoms with Crippen molar-refractivity contribution in [2.45, 2.75) is 11.1 Å². The van der Waals surface area contributed by atoms with Gasteiger partial charge in [0.25, 0.3) is 11.6 Å². The molecule has 8 nitrogen and oxygen atoms in total. The maximum Gasteiger partial charge on any atom is 0.402 e. The fraction of sp³-hybridized carbons (Fsp3) is 0.133. The van der Waals surface area contributed by atoms with E-state index < -0.39 is 38.5 Å². The molecule has 0 aliphatic rings. The largest absolute Gasteiger partial charge is 0.402 e. The molecule has 0 unspecified atom stereocenters. The number of benzene rings is 2. The molecule has 0 bridgehead atoms. The Bertz CT molecular complexity index is 959. The van der Waals surface area contributed by atoms with E-state index in [9.17, 15) is 36.5 Å². The maximum atomic E-state index is 12.1. The summed E-state index contributed by atoms with van der Waals surface area (Å²) in [7, 11) is -4.36. The molecular formula is C15H12F3N3O5S. The number of nitro benzene ring substituents is 1. The topological polar surface area (TPSA) is 118 Å². The van der Waals surface area contributed by atoms with Gasteiger partial charge in [0.1, 0.15) is 6.54 Å². The summed E-state index contributed by atoms with van der Waals surface area (Å²) in [6.07, 6.45) is -4.70. The van der Waals surface area contributed by atoms with Crippen LogP contribution in [0.3, 0.4) is 0 Å². The molecule has 0 spiro atoms. The van der Waals surface area contributed by atoms with Gasteiger partial charge >= 0.3 is 6.18 Å². The Hall–Kier alpha value is -2.99. The Balaban J connectivity index is 2.10. The van der Waals surface area contributed by atoms with Crippen molar-refractivity contribution in [1.29, 1.82) is 0 Å². The predicted molar refractivity (Wildman–Crippen MR) is 88.7 cm³/mol. The summed E-state index contributed by atoms with van der Waals surface area (Å²) in [5.41, 5.74) is -0.117. The van der Waals surface area contributed by atoms with Crippen LogP contribution in [-0.2, 0) is 10.0 Å². The first-order chi connectivity index (χ1) is 12.5. The van der Waals surface area contributed by atoms with Gasteiger partial charge in [-0.1, -0.05) is 6.07 Å². The minimum Gasteiger partial charge on any atom is -0.322 e. The molecule has 27 heavy (non-hydrogen) atoms. The lowest BCUT2D eigenvalue weighted by molar-refractivity contribution is -0.384. The molecule has 0 saturated heterocycles. The molecule has 2 N–H and O–H groups in total. The minimum atomic E-state index is -4.70. The van der Waals surface area contributed by atoms with Gasteiger partial charge in [0.05, 0.1) is 9.82 Å². The first kappa shape index (κ1) is 20.3. The number of non-ortho nitro benzene ring substituents is 1. The van der Waals surface area contributed by atoms with Crippen LogP contribution in [0, 0.1) is 10.1 Å². The monoisotopic (exact) mass is 403 g/mol. The number of alkyl halides is 3. The van der Waals surface area contributed by atoms with Gasteiger partial charge in [-0.15, -0.1) is 0 Å². The molecule has 0 heterocycles. The highest BCUT2D eigenvalue weighted by atomic mass is 32.2. The van der Waals surface area contributed by atoms with Crippen molar-refractivity contribution in [3.05, 3.63) is 64.2 Å². The standard InChI is InChI=1S/C15H12F3N3O5S/c16-15(17,18)9-19-27(25,26)13-6-4-11(5-7-13)20-14(22)10-2-1-3-12(8-10)21(23)24/h1-8,19H,9H2,(H,20,22). The van der Waals surface area contributed by atoms with Crippen molar-refractivity contribution in [3.8, 4) is 0 Å². The normalized spacial score (nSPS) is 11.8. The second-order valence-corrected chi connectivity index (χ2v) is 6.99. The van der Waals surface area contributed by atoms with Gasteiger partial charge < -0.3 is 5.32 Å². The summed E-state index contributed by atoms with van der Waals surface area (Å²) >= 11 is 0. The average Bonchev–Trinajstić information content (AvgIpc) is 2.60. The number of carbonyl (C=O) groups excluding carboxylic acids is 1. The van der Waals surface area contributed by atoms with Crippen LogP contribution in [0.1, 0.15) is 10.4 Å². The lowest BCUT2D eigenvalue weighted by Crippen LogP contribution is -2.33. The summed E-state index contributed by atoms with van der Waals surface area (Å²) in [6.45, 7) is -1.71. The zero-order chi connectivity index (χ0) is 20.2. The Kier molecular flexibility index (Phi) is 5.81. The lowest BCUT2D eigenvalue weighted by atomic mass is 10.2. The molecule has 2 aromatic carbocycles. The number of nitrogens with zero attached hydrogens (tertiary/aromatic N) is 1. The van der Waals surface area contributed by atoms with E-state index in [0.29, 0.717) is 0 Å². The fourth-order valence-electron chi connectivity index (χ4n) is 1.94. The number of rotatable bonds is 6. The maximum absolute atomic E-state index is 12.1. The van der Waals surface area contributed by atoms with E-state index >= 15 is 0 Å². The molecule has 144 valence electrons. The van der Waals surface area contributed by atoms with Gasteiger partial charge in [-0.3, -0.25) is 14.9 Å². The Morgan fingerprint density at radius 2 is 1.74 bits per heavy atom. The molecule has 0 aromatic heterocycles. The Morgan fingerprint density at radius 3 is 2.30 bits per heavy atom. The van der Waals surface area contributed by atoms with Crippen LogP contribution in [0.2, 0.25) is 0 Å². The molecule has 0 radical (unpaired) electrons. The van der Waals surface area contributed by atoms with Crippen molar-refractivity contribution < 1.29 is 31.3 Å². The van der Waals surface area contributed by atoms with E-state index in [0.717, 1.165) is 18.2 Å². The number of hydrogen-bond acceptors (Lipinski definition) is 5. The number of amides is 1. The molecular weight excluding hydrogens is 391 g/mol. The third kappa shape index (κ3) is 5.76. The number of anilines is 1. The smallest absolute Gasteiger partial charge is 0.322 e. The average molecular weight is 403 g/mol. The van der Waals surface area contributed by atoms with E-state index in [-0.39, 0.29) is 16.9 Å². The molecule has 0 atom stereocenters. The van der Waals surface area contributed by atoms with Crippen molar-refractivity contribution >= 4 is 27.3 Å². The summed E-state index contributed by atoms with van der Waals surface area (Å²) in [5.74, 6) is -0.676. The number of carbonyl (C=O) groups is 1. The first-order valence-corrected chi connectivity index (χ1v) is 8.68. The SMILES string of the molecule is O=C(Nc1ccc(S(=O)(=O)NCC(F)(F)F)cc1)c1cccc([N+](=O)[O-])c1. The summed E-state index contributed by atoms with van der Waals surface area (Å²) in [4.78, 5) is 21.7. The van der Waals surface area contributed by atoms with Crippen molar-refractivity contribution in [2.24, 2.45) is 0 Å². The molecule has 0 saturated carbocycles. The van der Waals surface area contributed by atoms with Gasteiger partial charge in [0, 0.05) is 23.4 Å². The zero-order valence-corrected chi connectivity index (χ0v) is 14.2. The van der Waals surface area contributed by atoms with E-state index in [2.05, 4.69) is 5.32 Å². The number of nitrogens with one attached hydrogen (secondary N) is 2. The van der Waals surface area contributed by atoms with Crippen LogP contribution in [0.25, 0.3) is 0 Å². The summed E-state index contributed by atoms with van der Waals surface area (Å²) < 4.78 is 61.4. The summed E-state index contributed by atoms with van der Waals surface area (Å²) in [6, 6.07) is 9.34. The van der Waals surface area contributed by atoms with Gasteiger partial charge in [-0.25, -0.2) is 13.1 Å². The number of hydrogen-bond donors (Lipinski definition) is 2. The van der Waals surface area contributed by atoms with Crippen LogP contribution in [0.4, 0.5) is 24.5 Å². The minimum absolute atomic E-state index is 0.00717. The summed E-state index contributed by atoms with van der Waals surface area (Å²) in [5, 5.41) is 13.1. The highest BCUT2D eigenvalue weighted by Gasteiger charge is 2.30. The second kappa shape index (κ2) is 7.72. The van der Waals surface area contributed by atoms with Gasteiger partial charge in [-0.2, -0.15) is 13.2 Å². The van der Waals surface area contributed by atoms with E-state index in [1.54, 1.807) is 0 Å². The quantitative estimate of drug-likeness (QED) is 0.568. The van der Waals surface area contributed by atoms with Gasteiger partial charge in [-0.05, 0) is 30.3 Å². The molecule has 0 fully saturated rings. The van der Waals surface area contributed by atoms with Crippen molar-refractivity contribution in [2.75, 3.05) is 11.9 Å². The van der Waals surface area contributed by atoms with Crippen molar-refractivity contribution in [1.82, 2.24) is 4.72 Å². The van der Waals surface area contributed by atoms with Crippen LogP contribution in [-0.4, -0.2) is 32.0 Å².